The zero-order valence-electron chi connectivity index (χ0n) is 11.1. The summed E-state index contributed by atoms with van der Waals surface area (Å²) in [5, 5.41) is 2.13. The molecule has 0 saturated carbocycles. The Morgan fingerprint density at radius 1 is 1.11 bits per heavy atom. The van der Waals surface area contributed by atoms with Crippen molar-refractivity contribution in [2.45, 2.75) is 25.9 Å². The fourth-order valence-electron chi connectivity index (χ4n) is 2.12. The molecule has 0 bridgehead atoms. The summed E-state index contributed by atoms with van der Waals surface area (Å²) in [7, 11) is 2.16. The predicted octanol–water partition coefficient (Wildman–Crippen LogP) is 4.08. The van der Waals surface area contributed by atoms with Crippen LogP contribution in [0, 0.1) is 0 Å². The number of benzene rings is 1. The molecule has 2 N–H and O–H groups in total. The topological polar surface area (TPSA) is 29.3 Å². The lowest BCUT2D eigenvalue weighted by atomic mass is 10.0. The van der Waals surface area contributed by atoms with Gasteiger partial charge in [0.05, 0.1) is 0 Å². The molecule has 0 radical (unpaired) electrons. The average Bonchev–Trinajstić information content (AvgIpc) is 2.90. The molecule has 0 aliphatic heterocycles. The van der Waals surface area contributed by atoms with Crippen LogP contribution in [-0.4, -0.2) is 11.9 Å². The lowest BCUT2D eigenvalue weighted by Gasteiger charge is -2.30. The van der Waals surface area contributed by atoms with Crippen molar-refractivity contribution < 1.29 is 0 Å². The lowest BCUT2D eigenvalue weighted by Crippen LogP contribution is -2.25. The molecular weight excluding hydrogens is 240 g/mol. The van der Waals surface area contributed by atoms with E-state index in [-0.39, 0.29) is 0 Å². The Kier molecular flexibility index (Phi) is 4.04. The number of hydrogen-bond donors (Lipinski definition) is 1. The maximum atomic E-state index is 5.85. The molecule has 3 heteroatoms. The highest BCUT2D eigenvalue weighted by Crippen LogP contribution is 2.31. The molecule has 0 spiro atoms. The molecule has 2 atom stereocenters. The summed E-state index contributed by atoms with van der Waals surface area (Å²) in [6.07, 6.45) is 0. The minimum absolute atomic E-state index is 0.352. The Hall–Kier alpha value is -1.32. The molecular formula is C15H20N2S. The normalized spacial score (nSPS) is 14.7. The first-order valence-electron chi connectivity index (χ1n) is 6.20. The molecule has 2 aromatic rings. The smallest absolute Gasteiger partial charge is 0.0416 e. The third kappa shape index (κ3) is 2.74. The molecule has 0 aliphatic carbocycles. The molecule has 0 fully saturated rings. The first-order chi connectivity index (χ1) is 8.59. The van der Waals surface area contributed by atoms with E-state index in [0.717, 1.165) is 5.69 Å². The van der Waals surface area contributed by atoms with E-state index in [1.165, 1.54) is 10.4 Å². The van der Waals surface area contributed by atoms with Crippen molar-refractivity contribution in [2.24, 2.45) is 0 Å². The highest BCUT2D eigenvalue weighted by molar-refractivity contribution is 7.10. The Balaban J connectivity index is 2.16. The second kappa shape index (κ2) is 5.55. The van der Waals surface area contributed by atoms with Gasteiger partial charge in [-0.3, -0.25) is 4.90 Å². The van der Waals surface area contributed by atoms with Gasteiger partial charge in [0.2, 0.25) is 0 Å². The SMILES string of the molecule is CC(c1cccc(N)c1)N(C)C(C)c1cccs1. The first-order valence-corrected chi connectivity index (χ1v) is 7.08. The molecule has 2 nitrogen and oxygen atoms in total. The van der Waals surface area contributed by atoms with Crippen molar-refractivity contribution in [1.82, 2.24) is 4.90 Å². The van der Waals surface area contributed by atoms with Gasteiger partial charge in [-0.25, -0.2) is 0 Å². The number of rotatable bonds is 4. The van der Waals surface area contributed by atoms with Crippen LogP contribution in [0.3, 0.4) is 0 Å². The van der Waals surface area contributed by atoms with Crippen molar-refractivity contribution >= 4 is 17.0 Å². The minimum Gasteiger partial charge on any atom is -0.399 e. The number of nitrogens with zero attached hydrogens (tertiary/aromatic N) is 1. The molecule has 0 saturated heterocycles. The van der Waals surface area contributed by atoms with E-state index in [1.807, 2.05) is 23.5 Å². The zero-order valence-corrected chi connectivity index (χ0v) is 11.9. The lowest BCUT2D eigenvalue weighted by molar-refractivity contribution is 0.202. The van der Waals surface area contributed by atoms with Gasteiger partial charge in [-0.15, -0.1) is 11.3 Å². The molecule has 18 heavy (non-hydrogen) atoms. The summed E-state index contributed by atoms with van der Waals surface area (Å²) < 4.78 is 0. The average molecular weight is 260 g/mol. The van der Waals surface area contributed by atoms with Gasteiger partial charge in [0.25, 0.3) is 0 Å². The number of thiophene rings is 1. The molecule has 1 heterocycles. The Bertz CT molecular complexity index is 493. The molecule has 2 rings (SSSR count). The summed E-state index contributed by atoms with van der Waals surface area (Å²) in [6.45, 7) is 4.47. The summed E-state index contributed by atoms with van der Waals surface area (Å²) in [6, 6.07) is 13.2. The second-order valence-corrected chi connectivity index (χ2v) is 5.68. The van der Waals surface area contributed by atoms with Crippen molar-refractivity contribution in [3.63, 3.8) is 0 Å². The fourth-order valence-corrected chi connectivity index (χ4v) is 2.95. The zero-order chi connectivity index (χ0) is 13.1. The van der Waals surface area contributed by atoms with Crippen LogP contribution in [0.1, 0.15) is 36.4 Å². The highest BCUT2D eigenvalue weighted by Gasteiger charge is 2.19. The molecule has 2 unspecified atom stereocenters. The third-order valence-electron chi connectivity index (χ3n) is 3.57. The number of nitrogens with two attached hydrogens (primary N) is 1. The van der Waals surface area contributed by atoms with E-state index in [2.05, 4.69) is 55.4 Å². The summed E-state index contributed by atoms with van der Waals surface area (Å²) >= 11 is 1.81. The molecule has 1 aromatic heterocycles. The van der Waals surface area contributed by atoms with E-state index < -0.39 is 0 Å². The Morgan fingerprint density at radius 3 is 2.50 bits per heavy atom. The number of anilines is 1. The van der Waals surface area contributed by atoms with Gasteiger partial charge in [0.15, 0.2) is 0 Å². The van der Waals surface area contributed by atoms with Gasteiger partial charge >= 0.3 is 0 Å². The maximum Gasteiger partial charge on any atom is 0.0416 e. The summed E-state index contributed by atoms with van der Waals surface area (Å²) in [5.74, 6) is 0. The molecule has 0 amide bonds. The standard InChI is InChI=1S/C15H20N2S/c1-11(13-6-4-7-14(16)10-13)17(3)12(2)15-8-5-9-18-15/h4-12H,16H2,1-3H3. The van der Waals surface area contributed by atoms with Gasteiger partial charge in [-0.05, 0) is 50.0 Å². The minimum atomic E-state index is 0.352. The monoisotopic (exact) mass is 260 g/mol. The van der Waals surface area contributed by atoms with Crippen molar-refractivity contribution in [1.29, 1.82) is 0 Å². The van der Waals surface area contributed by atoms with Crippen LogP contribution in [0.15, 0.2) is 41.8 Å². The number of hydrogen-bond acceptors (Lipinski definition) is 3. The van der Waals surface area contributed by atoms with Crippen LogP contribution in [0.5, 0.6) is 0 Å². The predicted molar refractivity (Wildman–Crippen MR) is 79.8 cm³/mol. The molecule has 96 valence electrons. The summed E-state index contributed by atoms with van der Waals surface area (Å²) in [4.78, 5) is 3.77. The van der Waals surface area contributed by atoms with Crippen molar-refractivity contribution in [2.75, 3.05) is 12.8 Å². The second-order valence-electron chi connectivity index (χ2n) is 4.70. The van der Waals surface area contributed by atoms with Gasteiger partial charge < -0.3 is 5.73 Å². The number of nitrogen functional groups attached to an aromatic ring is 1. The molecule has 1 aromatic carbocycles. The van der Waals surface area contributed by atoms with Gasteiger partial charge in [0.1, 0.15) is 0 Å². The van der Waals surface area contributed by atoms with Crippen LogP contribution in [-0.2, 0) is 0 Å². The van der Waals surface area contributed by atoms with E-state index in [0.29, 0.717) is 12.1 Å². The van der Waals surface area contributed by atoms with E-state index in [9.17, 15) is 0 Å². The van der Waals surface area contributed by atoms with Crippen molar-refractivity contribution in [3.05, 3.63) is 52.2 Å². The van der Waals surface area contributed by atoms with Gasteiger partial charge in [-0.2, -0.15) is 0 Å². The Morgan fingerprint density at radius 2 is 1.89 bits per heavy atom. The maximum absolute atomic E-state index is 5.85. The first kappa shape index (κ1) is 13.1. The van der Waals surface area contributed by atoms with E-state index >= 15 is 0 Å². The van der Waals surface area contributed by atoms with Crippen LogP contribution in [0.4, 0.5) is 5.69 Å². The fraction of sp³-hybridized carbons (Fsp3) is 0.333. The largest absolute Gasteiger partial charge is 0.399 e. The summed E-state index contributed by atoms with van der Waals surface area (Å²) in [5.41, 5.74) is 7.95. The quantitative estimate of drug-likeness (QED) is 0.839. The van der Waals surface area contributed by atoms with Gasteiger partial charge in [0, 0.05) is 22.6 Å². The van der Waals surface area contributed by atoms with E-state index in [1.54, 1.807) is 0 Å². The highest BCUT2D eigenvalue weighted by atomic mass is 32.1. The van der Waals surface area contributed by atoms with Crippen molar-refractivity contribution in [3.8, 4) is 0 Å². The molecule has 0 aliphatic rings. The van der Waals surface area contributed by atoms with Crippen LogP contribution >= 0.6 is 11.3 Å². The Labute approximate surface area is 113 Å². The van der Waals surface area contributed by atoms with Crippen LogP contribution < -0.4 is 5.73 Å². The van der Waals surface area contributed by atoms with Gasteiger partial charge in [-0.1, -0.05) is 18.2 Å². The van der Waals surface area contributed by atoms with Crippen LogP contribution in [0.2, 0.25) is 0 Å². The van der Waals surface area contributed by atoms with E-state index in [4.69, 9.17) is 5.73 Å². The van der Waals surface area contributed by atoms with Crippen LogP contribution in [0.25, 0.3) is 0 Å². The third-order valence-corrected chi connectivity index (χ3v) is 4.61.